The molecule has 2 aliphatic heterocycles. The molecule has 3 aliphatic rings. The minimum Gasteiger partial charge on any atom is -0.354 e. The molecule has 2 aromatic heterocycles. The van der Waals surface area contributed by atoms with Crippen molar-refractivity contribution in [2.75, 3.05) is 50.8 Å². The van der Waals surface area contributed by atoms with Gasteiger partial charge in [-0.3, -0.25) is 9.69 Å². The van der Waals surface area contributed by atoms with E-state index in [4.69, 9.17) is 19.4 Å². The minimum absolute atomic E-state index is 0.0761. The van der Waals surface area contributed by atoms with Crippen molar-refractivity contribution in [2.45, 2.75) is 58.2 Å². The van der Waals surface area contributed by atoms with Gasteiger partial charge >= 0.3 is 0 Å². The van der Waals surface area contributed by atoms with Gasteiger partial charge in [0.25, 0.3) is 5.56 Å². The Kier molecular flexibility index (Phi) is 7.47. The van der Waals surface area contributed by atoms with Gasteiger partial charge in [0.1, 0.15) is 11.6 Å². The van der Waals surface area contributed by atoms with Gasteiger partial charge in [0.15, 0.2) is 5.79 Å². The smallest absolute Gasteiger partial charge is 0.277 e. The average molecular weight is 531 g/mol. The van der Waals surface area contributed by atoms with Crippen LogP contribution in [0.15, 0.2) is 46.3 Å². The standard InChI is InChI=1S/C30H38N6O3/c1-22(2)33-36-28(32-26-12-13-30(38-19-20-39-30)21-24(26)29(36)37)9-5-6-14-34-15-17-35(18-16-34)27-11-10-23-7-3-4-8-25(23)31-27/h3-4,7-8,10-11H,5-6,9,12-21H2,1-2H3. The molecule has 6 rings (SSSR count). The number of aryl methyl sites for hydroxylation is 2. The van der Waals surface area contributed by atoms with E-state index in [0.717, 1.165) is 87.0 Å². The van der Waals surface area contributed by atoms with Crippen LogP contribution in [0.3, 0.4) is 0 Å². The molecule has 0 radical (unpaired) electrons. The van der Waals surface area contributed by atoms with Crippen LogP contribution < -0.4 is 10.5 Å². The van der Waals surface area contributed by atoms with E-state index in [2.05, 4.69) is 45.2 Å². The zero-order valence-electron chi connectivity index (χ0n) is 23.1. The third kappa shape index (κ3) is 5.62. The topological polar surface area (TPSA) is 85.1 Å². The van der Waals surface area contributed by atoms with E-state index in [1.165, 1.54) is 10.1 Å². The number of aromatic nitrogens is 3. The van der Waals surface area contributed by atoms with E-state index < -0.39 is 5.79 Å². The second kappa shape index (κ2) is 11.2. The van der Waals surface area contributed by atoms with E-state index in [0.29, 0.717) is 31.6 Å². The number of pyridine rings is 1. The van der Waals surface area contributed by atoms with Gasteiger partial charge in [0, 0.05) is 62.1 Å². The summed E-state index contributed by atoms with van der Waals surface area (Å²) < 4.78 is 13.3. The Hall–Kier alpha value is -3.14. The second-order valence-corrected chi connectivity index (χ2v) is 11.0. The largest absolute Gasteiger partial charge is 0.354 e. The Balaban J connectivity index is 1.05. The number of anilines is 1. The molecule has 39 heavy (non-hydrogen) atoms. The zero-order valence-corrected chi connectivity index (χ0v) is 23.1. The lowest BCUT2D eigenvalue weighted by Gasteiger charge is -2.35. The maximum atomic E-state index is 13.5. The van der Waals surface area contributed by atoms with Crippen LogP contribution in [0.5, 0.6) is 0 Å². The normalized spacial score (nSPS) is 19.0. The van der Waals surface area contributed by atoms with E-state index in [9.17, 15) is 4.79 Å². The van der Waals surface area contributed by atoms with Crippen LogP contribution in [-0.4, -0.2) is 77.0 Å². The monoisotopic (exact) mass is 530 g/mol. The van der Waals surface area contributed by atoms with E-state index in [1.54, 1.807) is 0 Å². The molecule has 4 heterocycles. The average Bonchev–Trinajstić information content (AvgIpc) is 3.41. The van der Waals surface area contributed by atoms with Crippen molar-refractivity contribution in [2.24, 2.45) is 5.10 Å². The van der Waals surface area contributed by atoms with Crippen LogP contribution in [0.1, 0.15) is 50.2 Å². The third-order valence-electron chi connectivity index (χ3n) is 8.01. The molecule has 3 aromatic rings. The molecular formula is C30H38N6O3. The fourth-order valence-corrected chi connectivity index (χ4v) is 5.95. The van der Waals surface area contributed by atoms with Gasteiger partial charge < -0.3 is 14.4 Å². The zero-order chi connectivity index (χ0) is 26.8. The lowest BCUT2D eigenvalue weighted by atomic mass is 9.91. The van der Waals surface area contributed by atoms with Gasteiger partial charge in [0.05, 0.1) is 24.4 Å². The van der Waals surface area contributed by atoms with Gasteiger partial charge in [-0.15, -0.1) is 0 Å². The molecule has 0 atom stereocenters. The first kappa shape index (κ1) is 26.1. The summed E-state index contributed by atoms with van der Waals surface area (Å²) in [5.74, 6) is 1.16. The Morgan fingerprint density at radius 1 is 1.00 bits per heavy atom. The Morgan fingerprint density at radius 3 is 2.59 bits per heavy atom. The highest BCUT2D eigenvalue weighted by molar-refractivity contribution is 5.80. The molecule has 0 unspecified atom stereocenters. The van der Waals surface area contributed by atoms with E-state index in [-0.39, 0.29) is 5.56 Å². The molecule has 206 valence electrons. The molecule has 0 bridgehead atoms. The Morgan fingerprint density at radius 2 is 1.79 bits per heavy atom. The summed E-state index contributed by atoms with van der Waals surface area (Å²) in [5.41, 5.74) is 3.38. The van der Waals surface area contributed by atoms with Crippen LogP contribution in [-0.2, 0) is 28.7 Å². The number of fused-ring (bicyclic) bond motifs is 2. The number of piperazine rings is 1. The summed E-state index contributed by atoms with van der Waals surface area (Å²) in [5, 5.41) is 5.74. The summed E-state index contributed by atoms with van der Waals surface area (Å²) in [6.07, 6.45) is 4.65. The Bertz CT molecular complexity index is 1420. The molecular weight excluding hydrogens is 492 g/mol. The molecule has 1 aliphatic carbocycles. The number of unbranched alkanes of at least 4 members (excludes halogenated alkanes) is 1. The van der Waals surface area contributed by atoms with Crippen LogP contribution in [0.2, 0.25) is 0 Å². The van der Waals surface area contributed by atoms with Crippen LogP contribution in [0.4, 0.5) is 5.82 Å². The number of benzene rings is 1. The maximum Gasteiger partial charge on any atom is 0.277 e. The summed E-state index contributed by atoms with van der Waals surface area (Å²) in [6.45, 7) is 10.0. The van der Waals surface area contributed by atoms with E-state index in [1.807, 2.05) is 19.9 Å². The Labute approximate surface area is 229 Å². The van der Waals surface area contributed by atoms with Crippen LogP contribution in [0, 0.1) is 0 Å². The maximum absolute atomic E-state index is 13.5. The molecule has 1 spiro atoms. The lowest BCUT2D eigenvalue weighted by Crippen LogP contribution is -2.46. The highest BCUT2D eigenvalue weighted by Gasteiger charge is 2.42. The van der Waals surface area contributed by atoms with Gasteiger partial charge in [-0.1, -0.05) is 18.2 Å². The fourth-order valence-electron chi connectivity index (χ4n) is 5.95. The quantitative estimate of drug-likeness (QED) is 0.342. The van der Waals surface area contributed by atoms with Gasteiger partial charge in [-0.05, 0) is 57.9 Å². The molecule has 0 amide bonds. The van der Waals surface area contributed by atoms with E-state index >= 15 is 0 Å². The van der Waals surface area contributed by atoms with Crippen molar-refractivity contribution in [3.8, 4) is 0 Å². The van der Waals surface area contributed by atoms with Crippen LogP contribution >= 0.6 is 0 Å². The third-order valence-corrected chi connectivity index (χ3v) is 8.01. The number of para-hydroxylation sites is 1. The molecule has 2 saturated heterocycles. The van der Waals surface area contributed by atoms with Crippen molar-refractivity contribution in [1.29, 1.82) is 0 Å². The molecule has 0 saturated carbocycles. The molecule has 9 heteroatoms. The first-order valence-corrected chi connectivity index (χ1v) is 14.3. The van der Waals surface area contributed by atoms with Crippen molar-refractivity contribution < 1.29 is 9.47 Å². The predicted molar refractivity (Wildman–Crippen MR) is 153 cm³/mol. The first-order chi connectivity index (χ1) is 19.0. The molecule has 9 nitrogen and oxygen atoms in total. The first-order valence-electron chi connectivity index (χ1n) is 14.3. The van der Waals surface area contributed by atoms with Crippen molar-refractivity contribution in [3.05, 3.63) is 63.8 Å². The van der Waals surface area contributed by atoms with Crippen molar-refractivity contribution >= 4 is 22.4 Å². The summed E-state index contributed by atoms with van der Waals surface area (Å²) in [4.78, 5) is 28.2. The van der Waals surface area contributed by atoms with Crippen molar-refractivity contribution in [3.63, 3.8) is 0 Å². The molecule has 2 fully saturated rings. The summed E-state index contributed by atoms with van der Waals surface area (Å²) in [6, 6.07) is 12.6. The number of ether oxygens (including phenoxy) is 2. The van der Waals surface area contributed by atoms with Crippen LogP contribution in [0.25, 0.3) is 10.9 Å². The molecule has 0 N–H and O–H groups in total. The predicted octanol–water partition coefficient (Wildman–Crippen LogP) is 3.41. The highest BCUT2D eigenvalue weighted by atomic mass is 16.7. The van der Waals surface area contributed by atoms with Gasteiger partial charge in [-0.2, -0.15) is 9.78 Å². The molecule has 1 aromatic carbocycles. The summed E-state index contributed by atoms with van der Waals surface area (Å²) >= 11 is 0. The number of hydrogen-bond acceptors (Lipinski definition) is 8. The minimum atomic E-state index is -0.660. The van der Waals surface area contributed by atoms with Gasteiger partial charge in [-0.25, -0.2) is 9.97 Å². The van der Waals surface area contributed by atoms with Crippen molar-refractivity contribution in [1.82, 2.24) is 19.5 Å². The number of nitrogens with zero attached hydrogens (tertiary/aromatic N) is 6. The SMILES string of the molecule is CC(C)=Nn1c(CCCCN2CCN(c3ccc4ccccc4n3)CC2)nc2c(c1=O)CC1(CC2)OCCO1. The summed E-state index contributed by atoms with van der Waals surface area (Å²) in [7, 11) is 0. The fraction of sp³-hybridized carbons (Fsp3) is 0.533. The number of hydrogen-bond donors (Lipinski definition) is 0. The lowest BCUT2D eigenvalue weighted by molar-refractivity contribution is -0.164. The number of rotatable bonds is 7. The second-order valence-electron chi connectivity index (χ2n) is 11.0. The highest BCUT2D eigenvalue weighted by Crippen LogP contribution is 2.33. The van der Waals surface area contributed by atoms with Gasteiger partial charge in [0.2, 0.25) is 0 Å².